The van der Waals surface area contributed by atoms with Gasteiger partial charge in [0.15, 0.2) is 11.6 Å². The van der Waals surface area contributed by atoms with Crippen LogP contribution in [0.2, 0.25) is 5.02 Å². The average molecular weight is 602 g/mol. The van der Waals surface area contributed by atoms with Crippen LogP contribution in [0.5, 0.6) is 5.75 Å². The van der Waals surface area contributed by atoms with E-state index in [4.69, 9.17) is 21.4 Å². The molecule has 1 aliphatic heterocycles. The number of carboxylic acid groups (broad SMARTS) is 1. The van der Waals surface area contributed by atoms with Crippen molar-refractivity contribution >= 4 is 44.9 Å². The van der Waals surface area contributed by atoms with Gasteiger partial charge in [-0.15, -0.1) is 0 Å². The highest BCUT2D eigenvalue weighted by atomic mass is 35.5. The van der Waals surface area contributed by atoms with Gasteiger partial charge in [0, 0.05) is 12.0 Å². The zero-order valence-corrected chi connectivity index (χ0v) is 22.2. The minimum absolute atomic E-state index is 0.0423. The van der Waals surface area contributed by atoms with E-state index < -0.39 is 69.1 Å². The number of allylic oxidation sites excluding steroid dienone is 1. The smallest absolute Gasteiger partial charge is 0.416 e. The highest BCUT2D eigenvalue weighted by Gasteiger charge is 2.38. The van der Waals surface area contributed by atoms with Gasteiger partial charge >= 0.3 is 12.1 Å². The second-order valence-corrected chi connectivity index (χ2v) is 11.3. The van der Waals surface area contributed by atoms with Crippen molar-refractivity contribution in [3.05, 3.63) is 87.9 Å². The number of alkyl halides is 3. The van der Waals surface area contributed by atoms with E-state index in [1.54, 1.807) is 0 Å². The van der Waals surface area contributed by atoms with E-state index in [0.29, 0.717) is 16.4 Å². The molecule has 0 saturated carbocycles. The number of fused-ring (bicyclic) bond motifs is 1. The third-order valence-electron chi connectivity index (χ3n) is 6.14. The zero-order valence-electron chi connectivity index (χ0n) is 20.7. The van der Waals surface area contributed by atoms with E-state index >= 15 is 4.39 Å². The van der Waals surface area contributed by atoms with Gasteiger partial charge in [-0.25, -0.2) is 17.2 Å². The Balaban J connectivity index is 1.85. The van der Waals surface area contributed by atoms with Crippen LogP contribution in [-0.4, -0.2) is 32.1 Å². The van der Waals surface area contributed by atoms with Crippen molar-refractivity contribution in [3.8, 4) is 5.75 Å². The fourth-order valence-corrected chi connectivity index (χ4v) is 6.14. The molecular formula is C27H21ClF5NO5S. The number of anilines is 1. The summed E-state index contributed by atoms with van der Waals surface area (Å²) in [4.78, 5) is 10.4. The first kappa shape index (κ1) is 29.3. The Labute approximate surface area is 231 Å². The maximum atomic E-state index is 15.4. The first-order chi connectivity index (χ1) is 18.7. The number of carboxylic acids is 1. The third-order valence-corrected chi connectivity index (χ3v) is 8.23. The average Bonchev–Trinajstić information content (AvgIpc) is 2.86. The molecule has 0 aliphatic carbocycles. The second-order valence-electron chi connectivity index (χ2n) is 9.01. The molecule has 0 saturated heterocycles. The largest absolute Gasteiger partial charge is 0.483 e. The van der Waals surface area contributed by atoms with Gasteiger partial charge in [0.2, 0.25) is 0 Å². The molecule has 0 radical (unpaired) electrons. The summed E-state index contributed by atoms with van der Waals surface area (Å²) in [6, 6.07) is 9.35. The minimum Gasteiger partial charge on any atom is -0.483 e. The van der Waals surface area contributed by atoms with Gasteiger partial charge in [0.05, 0.1) is 27.7 Å². The predicted octanol–water partition coefficient (Wildman–Crippen LogP) is 7.02. The third kappa shape index (κ3) is 6.07. The number of rotatable bonds is 7. The summed E-state index contributed by atoms with van der Waals surface area (Å²) in [6.07, 6.45) is -5.20. The summed E-state index contributed by atoms with van der Waals surface area (Å²) in [5.74, 6) is -3.38. The number of hydrogen-bond acceptors (Lipinski definition) is 4. The van der Waals surface area contributed by atoms with Gasteiger partial charge in [0.25, 0.3) is 10.0 Å². The van der Waals surface area contributed by atoms with E-state index in [1.807, 2.05) is 0 Å². The monoisotopic (exact) mass is 601 g/mol. The summed E-state index contributed by atoms with van der Waals surface area (Å²) in [5, 5.41) is 9.14. The molecule has 1 heterocycles. The van der Waals surface area contributed by atoms with Crippen LogP contribution in [0.3, 0.4) is 0 Å². The molecule has 0 bridgehead atoms. The number of sulfonamides is 1. The zero-order chi connectivity index (χ0) is 29.4. The number of nitrogens with zero attached hydrogens (tertiary/aromatic N) is 1. The number of carbonyl (C=O) groups is 1. The normalized spacial score (nSPS) is 15.9. The molecular weight excluding hydrogens is 581 g/mol. The quantitative estimate of drug-likeness (QED) is 0.232. The van der Waals surface area contributed by atoms with Crippen LogP contribution in [0.4, 0.5) is 27.6 Å². The van der Waals surface area contributed by atoms with Crippen molar-refractivity contribution in [2.45, 2.75) is 36.9 Å². The van der Waals surface area contributed by atoms with Crippen LogP contribution >= 0.6 is 11.6 Å². The second kappa shape index (κ2) is 11.1. The van der Waals surface area contributed by atoms with Crippen LogP contribution in [-0.2, 0) is 21.0 Å². The highest BCUT2D eigenvalue weighted by Crippen LogP contribution is 2.42. The summed E-state index contributed by atoms with van der Waals surface area (Å²) in [5.41, 5.74) is -1.11. The Morgan fingerprint density at radius 1 is 1.12 bits per heavy atom. The van der Waals surface area contributed by atoms with Gasteiger partial charge in [-0.3, -0.25) is 9.10 Å². The van der Waals surface area contributed by atoms with Crippen molar-refractivity contribution < 1.29 is 45.0 Å². The Morgan fingerprint density at radius 3 is 2.48 bits per heavy atom. The predicted molar refractivity (Wildman–Crippen MR) is 139 cm³/mol. The molecule has 0 amide bonds. The number of aliphatic carboxylic acids is 1. The van der Waals surface area contributed by atoms with E-state index in [1.165, 1.54) is 37.3 Å². The van der Waals surface area contributed by atoms with Gasteiger partial charge in [-0.1, -0.05) is 29.8 Å². The fourth-order valence-electron chi connectivity index (χ4n) is 4.29. The Morgan fingerprint density at radius 2 is 1.82 bits per heavy atom. The van der Waals surface area contributed by atoms with Crippen molar-refractivity contribution in [2.75, 3.05) is 10.8 Å². The Hall–Kier alpha value is -3.64. The molecule has 3 aromatic carbocycles. The van der Waals surface area contributed by atoms with Crippen LogP contribution in [0.25, 0.3) is 11.6 Å². The molecule has 13 heteroatoms. The molecule has 6 nitrogen and oxygen atoms in total. The van der Waals surface area contributed by atoms with Crippen LogP contribution in [0.15, 0.2) is 59.5 Å². The number of benzene rings is 3. The van der Waals surface area contributed by atoms with E-state index in [0.717, 1.165) is 18.2 Å². The maximum absolute atomic E-state index is 15.4. The van der Waals surface area contributed by atoms with Crippen molar-refractivity contribution in [3.63, 3.8) is 0 Å². The van der Waals surface area contributed by atoms with Crippen molar-refractivity contribution in [1.29, 1.82) is 0 Å². The molecule has 1 N–H and O–H groups in total. The SMILES string of the molecule is C/C(=C\c1cc(F)c2c(c1)N(S(=O)(=O)c1cccc(C(F)(F)F)c1)CC(CCC(=O)O)O2)c1c(F)cccc1Cl. The summed E-state index contributed by atoms with van der Waals surface area (Å²) in [7, 11) is -4.72. The molecule has 0 aromatic heterocycles. The standard InChI is InChI=1S/C27H21ClF5NO5S/c1-15(25-20(28)6-3-7-21(25)29)10-16-11-22(30)26-23(12-16)34(14-18(39-26)8-9-24(35)36)40(37,38)19-5-2-4-17(13-19)27(31,32)33/h2-7,10-13,18H,8-9,14H2,1H3,(H,35,36)/b15-10+. The van der Waals surface area contributed by atoms with Crippen LogP contribution < -0.4 is 9.04 Å². The van der Waals surface area contributed by atoms with Gasteiger partial charge in [0.1, 0.15) is 11.9 Å². The molecule has 1 aliphatic rings. The van der Waals surface area contributed by atoms with E-state index in [-0.39, 0.29) is 33.8 Å². The molecule has 1 atom stereocenters. The van der Waals surface area contributed by atoms with E-state index in [2.05, 4.69) is 0 Å². The lowest BCUT2D eigenvalue weighted by Crippen LogP contribution is -2.44. The first-order valence-corrected chi connectivity index (χ1v) is 13.5. The molecule has 4 rings (SSSR count). The first-order valence-electron chi connectivity index (χ1n) is 11.7. The van der Waals surface area contributed by atoms with Crippen LogP contribution in [0, 0.1) is 11.6 Å². The number of halogens is 6. The van der Waals surface area contributed by atoms with Gasteiger partial charge in [-0.05, 0) is 66.9 Å². The molecule has 3 aromatic rings. The van der Waals surface area contributed by atoms with Gasteiger partial charge in [-0.2, -0.15) is 13.2 Å². The van der Waals surface area contributed by atoms with Crippen molar-refractivity contribution in [1.82, 2.24) is 0 Å². The fraction of sp³-hybridized carbons (Fsp3) is 0.222. The number of hydrogen-bond donors (Lipinski definition) is 1. The molecule has 1 unspecified atom stereocenters. The molecule has 0 spiro atoms. The molecule has 0 fully saturated rings. The Bertz CT molecular complexity index is 1590. The molecule has 212 valence electrons. The van der Waals surface area contributed by atoms with Gasteiger partial charge < -0.3 is 9.84 Å². The lowest BCUT2D eigenvalue weighted by Gasteiger charge is -2.36. The maximum Gasteiger partial charge on any atom is 0.416 e. The number of ether oxygens (including phenoxy) is 1. The Kier molecular flexibility index (Phi) is 8.13. The topological polar surface area (TPSA) is 83.9 Å². The highest BCUT2D eigenvalue weighted by molar-refractivity contribution is 7.92. The summed E-state index contributed by atoms with van der Waals surface area (Å²) in [6.45, 7) is 1.01. The minimum atomic E-state index is -4.83. The van der Waals surface area contributed by atoms with Crippen LogP contribution in [0.1, 0.15) is 36.5 Å². The molecule has 40 heavy (non-hydrogen) atoms. The lowest BCUT2D eigenvalue weighted by molar-refractivity contribution is -0.138. The van der Waals surface area contributed by atoms with Crippen molar-refractivity contribution in [2.24, 2.45) is 0 Å². The van der Waals surface area contributed by atoms with E-state index in [9.17, 15) is 30.8 Å². The lowest BCUT2D eigenvalue weighted by atomic mass is 10.0. The summed E-state index contributed by atoms with van der Waals surface area (Å²) >= 11 is 6.12. The summed E-state index contributed by atoms with van der Waals surface area (Å²) < 4.78 is 103.